The number of nitrogens with zero attached hydrogens (tertiary/aromatic N) is 1. The van der Waals surface area contributed by atoms with Crippen LogP contribution in [0.25, 0.3) is 0 Å². The third-order valence-electron chi connectivity index (χ3n) is 2.96. The van der Waals surface area contributed by atoms with E-state index in [1.54, 1.807) is 4.90 Å². The average Bonchev–Trinajstić information content (AvgIpc) is 2.26. The lowest BCUT2D eigenvalue weighted by Gasteiger charge is -2.18. The molecule has 1 rings (SSSR count). The van der Waals surface area contributed by atoms with E-state index in [-0.39, 0.29) is 5.91 Å². The second-order valence-electron chi connectivity index (χ2n) is 4.51. The highest BCUT2D eigenvalue weighted by molar-refractivity contribution is 5.76. The maximum atomic E-state index is 11.7. The quantitative estimate of drug-likeness (QED) is 0.762. The zero-order chi connectivity index (χ0) is 12.1. The number of hydrogen-bond donors (Lipinski definition) is 0. The summed E-state index contributed by atoms with van der Waals surface area (Å²) in [5.41, 5.74) is 2.53. The Bertz CT molecular complexity index is 340. The molecule has 0 radical (unpaired) electrons. The molecular weight excluding hydrogens is 198 g/mol. The van der Waals surface area contributed by atoms with Gasteiger partial charge in [-0.05, 0) is 24.8 Å². The molecule has 0 aliphatic rings. The van der Waals surface area contributed by atoms with Crippen molar-refractivity contribution in [1.82, 2.24) is 4.90 Å². The van der Waals surface area contributed by atoms with Gasteiger partial charge in [0.2, 0.25) is 5.91 Å². The normalized spacial score (nSPS) is 12.2. The molecule has 0 fully saturated rings. The molecule has 1 aromatic carbocycles. The summed E-state index contributed by atoms with van der Waals surface area (Å²) in [6.45, 7) is 4.21. The van der Waals surface area contributed by atoms with Crippen LogP contribution in [0.4, 0.5) is 0 Å². The van der Waals surface area contributed by atoms with E-state index in [1.807, 2.05) is 14.1 Å². The maximum absolute atomic E-state index is 11.7. The second kappa shape index (κ2) is 5.69. The summed E-state index contributed by atoms with van der Waals surface area (Å²) in [6.07, 6.45) is 1.61. The van der Waals surface area contributed by atoms with Crippen molar-refractivity contribution < 1.29 is 4.79 Å². The summed E-state index contributed by atoms with van der Waals surface area (Å²) in [4.78, 5) is 13.3. The van der Waals surface area contributed by atoms with Gasteiger partial charge in [-0.1, -0.05) is 36.8 Å². The van der Waals surface area contributed by atoms with Gasteiger partial charge in [0.25, 0.3) is 0 Å². The Morgan fingerprint density at radius 2 is 1.81 bits per heavy atom. The predicted molar refractivity (Wildman–Crippen MR) is 67.5 cm³/mol. The zero-order valence-electron chi connectivity index (χ0n) is 10.7. The van der Waals surface area contributed by atoms with Crippen LogP contribution >= 0.6 is 0 Å². The largest absolute Gasteiger partial charge is 0.349 e. The third kappa shape index (κ3) is 3.37. The van der Waals surface area contributed by atoms with Gasteiger partial charge in [-0.15, -0.1) is 0 Å². The van der Waals surface area contributed by atoms with Gasteiger partial charge in [0.1, 0.15) is 0 Å². The minimum Gasteiger partial charge on any atom is -0.349 e. The first kappa shape index (κ1) is 12.8. The fraction of sp³-hybridized carbons (Fsp3) is 0.500. The van der Waals surface area contributed by atoms with E-state index in [0.29, 0.717) is 12.3 Å². The number of benzene rings is 1. The molecule has 16 heavy (non-hydrogen) atoms. The Hall–Kier alpha value is -1.31. The first-order chi connectivity index (χ1) is 7.54. The molecule has 0 aliphatic carbocycles. The number of aryl methyl sites for hydroxylation is 1. The van der Waals surface area contributed by atoms with Gasteiger partial charge in [-0.3, -0.25) is 4.79 Å². The van der Waals surface area contributed by atoms with E-state index in [2.05, 4.69) is 38.1 Å². The Labute approximate surface area is 98.3 Å². The van der Waals surface area contributed by atoms with Gasteiger partial charge < -0.3 is 4.90 Å². The van der Waals surface area contributed by atoms with Gasteiger partial charge in [-0.2, -0.15) is 0 Å². The summed E-state index contributed by atoms with van der Waals surface area (Å²) in [6, 6.07) is 8.48. The molecule has 2 heteroatoms. The minimum atomic E-state index is 0.201. The highest BCUT2D eigenvalue weighted by Crippen LogP contribution is 2.24. The molecule has 0 spiro atoms. The first-order valence-electron chi connectivity index (χ1n) is 5.81. The van der Waals surface area contributed by atoms with E-state index in [9.17, 15) is 4.79 Å². The highest BCUT2D eigenvalue weighted by Gasteiger charge is 2.15. The molecule has 0 aliphatic heterocycles. The minimum absolute atomic E-state index is 0.201. The first-order valence-corrected chi connectivity index (χ1v) is 5.81. The molecule has 0 heterocycles. The summed E-state index contributed by atoms with van der Waals surface area (Å²) >= 11 is 0. The Kier molecular flexibility index (Phi) is 4.53. The van der Waals surface area contributed by atoms with Crippen LogP contribution in [0.3, 0.4) is 0 Å². The molecule has 0 saturated carbocycles. The maximum Gasteiger partial charge on any atom is 0.222 e. The van der Waals surface area contributed by atoms with Crippen LogP contribution in [-0.2, 0) is 4.79 Å². The van der Waals surface area contributed by atoms with Crippen LogP contribution in [0.15, 0.2) is 24.3 Å². The summed E-state index contributed by atoms with van der Waals surface area (Å²) < 4.78 is 0. The van der Waals surface area contributed by atoms with E-state index in [1.165, 1.54) is 11.1 Å². The summed E-state index contributed by atoms with van der Waals surface area (Å²) in [5.74, 6) is 0.544. The fourth-order valence-electron chi connectivity index (χ4n) is 1.73. The Balaban J connectivity index is 2.74. The van der Waals surface area contributed by atoms with Gasteiger partial charge in [0.05, 0.1) is 0 Å². The van der Waals surface area contributed by atoms with Gasteiger partial charge >= 0.3 is 0 Å². The molecule has 1 atom stereocenters. The lowest BCUT2D eigenvalue weighted by atomic mass is 9.92. The van der Waals surface area contributed by atoms with Crippen molar-refractivity contribution >= 4 is 5.91 Å². The summed E-state index contributed by atoms with van der Waals surface area (Å²) in [7, 11) is 3.62. The number of carbonyl (C=O) groups excluding carboxylic acids is 1. The zero-order valence-corrected chi connectivity index (χ0v) is 10.7. The molecule has 0 N–H and O–H groups in total. The average molecular weight is 219 g/mol. The highest BCUT2D eigenvalue weighted by atomic mass is 16.2. The smallest absolute Gasteiger partial charge is 0.222 e. The van der Waals surface area contributed by atoms with Crippen molar-refractivity contribution in [3.8, 4) is 0 Å². The molecule has 2 nitrogen and oxygen atoms in total. The lowest BCUT2D eigenvalue weighted by molar-refractivity contribution is -0.129. The number of hydrogen-bond acceptors (Lipinski definition) is 1. The van der Waals surface area contributed by atoms with Crippen molar-refractivity contribution in [2.75, 3.05) is 14.1 Å². The van der Waals surface area contributed by atoms with Gasteiger partial charge in [-0.25, -0.2) is 0 Å². The van der Waals surface area contributed by atoms with Crippen molar-refractivity contribution in [3.05, 3.63) is 35.4 Å². The van der Waals surface area contributed by atoms with Crippen LogP contribution in [0.1, 0.15) is 36.8 Å². The molecule has 1 aromatic rings. The SMILES string of the molecule is CC[C@H](CC(=O)N(C)C)c1ccc(C)cc1. The molecule has 88 valence electrons. The standard InChI is InChI=1S/C14H21NO/c1-5-12(10-14(16)15(3)4)13-8-6-11(2)7-9-13/h6-9,12H,5,10H2,1-4H3/t12-/m1/s1. The van der Waals surface area contributed by atoms with Crippen LogP contribution < -0.4 is 0 Å². The Morgan fingerprint density at radius 1 is 1.25 bits per heavy atom. The van der Waals surface area contributed by atoms with Crippen LogP contribution in [0, 0.1) is 6.92 Å². The van der Waals surface area contributed by atoms with Crippen molar-refractivity contribution in [2.24, 2.45) is 0 Å². The van der Waals surface area contributed by atoms with E-state index < -0.39 is 0 Å². The Morgan fingerprint density at radius 3 is 2.25 bits per heavy atom. The second-order valence-corrected chi connectivity index (χ2v) is 4.51. The molecule has 0 bridgehead atoms. The van der Waals surface area contributed by atoms with E-state index >= 15 is 0 Å². The number of carbonyl (C=O) groups is 1. The van der Waals surface area contributed by atoms with Crippen molar-refractivity contribution in [3.63, 3.8) is 0 Å². The third-order valence-corrected chi connectivity index (χ3v) is 2.96. The topological polar surface area (TPSA) is 20.3 Å². The van der Waals surface area contributed by atoms with Crippen molar-refractivity contribution in [2.45, 2.75) is 32.6 Å². The fourth-order valence-corrected chi connectivity index (χ4v) is 1.73. The van der Waals surface area contributed by atoms with E-state index in [0.717, 1.165) is 6.42 Å². The summed E-state index contributed by atoms with van der Waals surface area (Å²) in [5, 5.41) is 0. The molecule has 1 amide bonds. The number of amides is 1. The number of rotatable bonds is 4. The molecular formula is C14H21NO. The lowest BCUT2D eigenvalue weighted by Crippen LogP contribution is -2.23. The monoisotopic (exact) mass is 219 g/mol. The molecule has 0 aromatic heterocycles. The van der Waals surface area contributed by atoms with Crippen molar-refractivity contribution in [1.29, 1.82) is 0 Å². The predicted octanol–water partition coefficient (Wildman–Crippen LogP) is 2.97. The van der Waals surface area contributed by atoms with Gasteiger partial charge in [0, 0.05) is 20.5 Å². The van der Waals surface area contributed by atoms with Crippen LogP contribution in [0.5, 0.6) is 0 Å². The van der Waals surface area contributed by atoms with Crippen LogP contribution in [0.2, 0.25) is 0 Å². The van der Waals surface area contributed by atoms with Crippen LogP contribution in [-0.4, -0.2) is 24.9 Å². The van der Waals surface area contributed by atoms with E-state index in [4.69, 9.17) is 0 Å². The molecule has 0 saturated heterocycles. The molecule has 0 unspecified atom stereocenters. The van der Waals surface area contributed by atoms with Gasteiger partial charge in [0.15, 0.2) is 0 Å².